The van der Waals surface area contributed by atoms with Crippen LogP contribution in [-0.4, -0.2) is 10.2 Å². The van der Waals surface area contributed by atoms with Crippen LogP contribution in [0.2, 0.25) is 0 Å². The highest BCUT2D eigenvalue weighted by atomic mass is 16.3. The van der Waals surface area contributed by atoms with E-state index in [0.29, 0.717) is 5.92 Å². The van der Waals surface area contributed by atoms with Crippen LogP contribution in [0.4, 0.5) is 0 Å². The summed E-state index contributed by atoms with van der Waals surface area (Å²) in [7, 11) is 0. The molecule has 2 rings (SSSR count). The number of hydrogen-bond donors (Lipinski definition) is 3. The van der Waals surface area contributed by atoms with E-state index in [0.717, 1.165) is 18.4 Å². The minimum Gasteiger partial charge on any atom is -0.508 e. The van der Waals surface area contributed by atoms with E-state index in [1.165, 1.54) is 25.3 Å². The van der Waals surface area contributed by atoms with Crippen LogP contribution < -0.4 is 5.73 Å². The van der Waals surface area contributed by atoms with Crippen molar-refractivity contribution in [2.75, 3.05) is 0 Å². The smallest absolute Gasteiger partial charge is 0.119 e. The van der Waals surface area contributed by atoms with Crippen molar-refractivity contribution >= 4 is 0 Å². The molecule has 0 aliphatic heterocycles. The lowest BCUT2D eigenvalue weighted by atomic mass is 9.81. The first-order valence-electron chi connectivity index (χ1n) is 5.95. The minimum absolute atomic E-state index is 0.0710. The van der Waals surface area contributed by atoms with E-state index in [9.17, 15) is 10.2 Å². The number of phenolic OH excluding ortho intramolecular Hbond substituents is 2. The first-order valence-corrected chi connectivity index (χ1v) is 5.95. The average molecular weight is 221 g/mol. The summed E-state index contributed by atoms with van der Waals surface area (Å²) in [6, 6.07) is 4.56. The summed E-state index contributed by atoms with van der Waals surface area (Å²) in [5.74, 6) is 0.650. The molecule has 0 unspecified atom stereocenters. The molecule has 1 aromatic carbocycles. The average Bonchev–Trinajstić information content (AvgIpc) is 2.28. The molecule has 3 nitrogen and oxygen atoms in total. The highest BCUT2D eigenvalue weighted by molar-refractivity contribution is 5.38. The van der Waals surface area contributed by atoms with Gasteiger partial charge >= 0.3 is 0 Å². The van der Waals surface area contributed by atoms with Gasteiger partial charge in [-0.2, -0.15) is 0 Å². The Balaban J connectivity index is 2.15. The zero-order valence-corrected chi connectivity index (χ0v) is 9.39. The summed E-state index contributed by atoms with van der Waals surface area (Å²) < 4.78 is 0. The molecule has 4 N–H and O–H groups in total. The monoisotopic (exact) mass is 221 g/mol. The SMILES string of the molecule is N[C@H](c1cc(O)cc(O)c1)C1CCCCC1. The van der Waals surface area contributed by atoms with Gasteiger partial charge in [-0.05, 0) is 36.5 Å². The van der Waals surface area contributed by atoms with Gasteiger partial charge in [0, 0.05) is 12.1 Å². The Morgan fingerprint density at radius 1 is 1.00 bits per heavy atom. The topological polar surface area (TPSA) is 66.5 Å². The molecule has 1 saturated carbocycles. The van der Waals surface area contributed by atoms with E-state index in [1.54, 1.807) is 12.1 Å². The van der Waals surface area contributed by atoms with Crippen LogP contribution >= 0.6 is 0 Å². The third kappa shape index (κ3) is 2.47. The lowest BCUT2D eigenvalue weighted by Gasteiger charge is -2.27. The van der Waals surface area contributed by atoms with E-state index in [-0.39, 0.29) is 17.5 Å². The maximum absolute atomic E-state index is 9.43. The molecule has 0 heterocycles. The van der Waals surface area contributed by atoms with Crippen molar-refractivity contribution < 1.29 is 10.2 Å². The molecule has 3 heteroatoms. The molecule has 0 amide bonds. The largest absolute Gasteiger partial charge is 0.508 e. The van der Waals surface area contributed by atoms with Crippen molar-refractivity contribution in [1.29, 1.82) is 0 Å². The maximum atomic E-state index is 9.43. The molecule has 0 radical (unpaired) electrons. The lowest BCUT2D eigenvalue weighted by molar-refractivity contribution is 0.307. The second-order valence-electron chi connectivity index (χ2n) is 4.71. The minimum atomic E-state index is -0.0710. The summed E-state index contributed by atoms with van der Waals surface area (Å²) in [5.41, 5.74) is 7.02. The van der Waals surface area contributed by atoms with Crippen LogP contribution in [0, 0.1) is 5.92 Å². The first-order chi connectivity index (χ1) is 7.66. The third-order valence-corrected chi connectivity index (χ3v) is 3.47. The van der Waals surface area contributed by atoms with Crippen molar-refractivity contribution in [2.45, 2.75) is 38.1 Å². The molecule has 0 bridgehead atoms. The van der Waals surface area contributed by atoms with Gasteiger partial charge in [-0.25, -0.2) is 0 Å². The van der Waals surface area contributed by atoms with Crippen molar-refractivity contribution in [1.82, 2.24) is 0 Å². The van der Waals surface area contributed by atoms with Gasteiger partial charge in [0.15, 0.2) is 0 Å². The van der Waals surface area contributed by atoms with Crippen LogP contribution in [0.15, 0.2) is 18.2 Å². The Bertz CT molecular complexity index is 339. The predicted molar refractivity (Wildman–Crippen MR) is 63.3 cm³/mol. The fourth-order valence-corrected chi connectivity index (χ4v) is 2.58. The first kappa shape index (κ1) is 11.3. The van der Waals surface area contributed by atoms with Crippen molar-refractivity contribution in [3.63, 3.8) is 0 Å². The number of nitrogens with two attached hydrogens (primary N) is 1. The lowest BCUT2D eigenvalue weighted by Crippen LogP contribution is -2.23. The fourth-order valence-electron chi connectivity index (χ4n) is 2.58. The quantitative estimate of drug-likeness (QED) is 0.719. The van der Waals surface area contributed by atoms with Gasteiger partial charge in [-0.15, -0.1) is 0 Å². The van der Waals surface area contributed by atoms with E-state index >= 15 is 0 Å². The van der Waals surface area contributed by atoms with E-state index in [1.807, 2.05) is 0 Å². The number of aromatic hydroxyl groups is 2. The second kappa shape index (κ2) is 4.74. The molecular formula is C13H19NO2. The highest BCUT2D eigenvalue weighted by Gasteiger charge is 2.22. The molecule has 16 heavy (non-hydrogen) atoms. The molecule has 1 fully saturated rings. The predicted octanol–water partition coefficient (Wildman–Crippen LogP) is 2.68. The van der Waals surface area contributed by atoms with Crippen LogP contribution in [0.1, 0.15) is 43.7 Å². The van der Waals surface area contributed by atoms with Crippen molar-refractivity contribution in [3.8, 4) is 11.5 Å². The normalized spacial score (nSPS) is 19.6. The molecule has 1 aliphatic rings. The van der Waals surface area contributed by atoms with Crippen molar-refractivity contribution in [3.05, 3.63) is 23.8 Å². The van der Waals surface area contributed by atoms with Gasteiger partial charge in [0.05, 0.1) is 0 Å². The van der Waals surface area contributed by atoms with E-state index in [4.69, 9.17) is 5.73 Å². The fraction of sp³-hybridized carbons (Fsp3) is 0.538. The Morgan fingerprint density at radius 3 is 2.12 bits per heavy atom. The van der Waals surface area contributed by atoms with Crippen LogP contribution in [0.3, 0.4) is 0 Å². The summed E-state index contributed by atoms with van der Waals surface area (Å²) in [4.78, 5) is 0. The molecule has 1 aromatic rings. The molecule has 88 valence electrons. The summed E-state index contributed by atoms with van der Waals surface area (Å²) >= 11 is 0. The number of phenols is 2. The molecule has 0 spiro atoms. The maximum Gasteiger partial charge on any atom is 0.119 e. The highest BCUT2D eigenvalue weighted by Crippen LogP contribution is 2.35. The zero-order valence-electron chi connectivity index (χ0n) is 9.39. The van der Waals surface area contributed by atoms with Crippen LogP contribution in [0.25, 0.3) is 0 Å². The number of hydrogen-bond acceptors (Lipinski definition) is 3. The number of benzene rings is 1. The van der Waals surface area contributed by atoms with Gasteiger partial charge < -0.3 is 15.9 Å². The van der Waals surface area contributed by atoms with Gasteiger partial charge in [-0.3, -0.25) is 0 Å². The standard InChI is InChI=1S/C13H19NO2/c14-13(9-4-2-1-3-5-9)10-6-11(15)8-12(16)7-10/h6-9,13,15-16H,1-5,14H2/t13-/m0/s1. The Kier molecular flexibility index (Phi) is 3.34. The summed E-state index contributed by atoms with van der Waals surface area (Å²) in [6.45, 7) is 0. The van der Waals surface area contributed by atoms with Gasteiger partial charge in [0.1, 0.15) is 11.5 Å². The zero-order chi connectivity index (χ0) is 11.5. The van der Waals surface area contributed by atoms with Crippen LogP contribution in [-0.2, 0) is 0 Å². The van der Waals surface area contributed by atoms with E-state index in [2.05, 4.69) is 0 Å². The van der Waals surface area contributed by atoms with Gasteiger partial charge in [0.2, 0.25) is 0 Å². The third-order valence-electron chi connectivity index (χ3n) is 3.47. The molecule has 0 aromatic heterocycles. The summed E-state index contributed by atoms with van der Waals surface area (Å²) in [6.07, 6.45) is 6.08. The molecule has 1 atom stereocenters. The van der Waals surface area contributed by atoms with Crippen LogP contribution in [0.5, 0.6) is 11.5 Å². The molecular weight excluding hydrogens is 202 g/mol. The Hall–Kier alpha value is -1.22. The second-order valence-corrected chi connectivity index (χ2v) is 4.71. The summed E-state index contributed by atoms with van der Waals surface area (Å²) in [5, 5.41) is 18.9. The van der Waals surface area contributed by atoms with E-state index < -0.39 is 0 Å². The van der Waals surface area contributed by atoms with Gasteiger partial charge in [0.25, 0.3) is 0 Å². The Morgan fingerprint density at radius 2 is 1.56 bits per heavy atom. The van der Waals surface area contributed by atoms with Crippen molar-refractivity contribution in [2.24, 2.45) is 11.7 Å². The molecule has 0 saturated heterocycles. The number of rotatable bonds is 2. The van der Waals surface area contributed by atoms with Gasteiger partial charge in [-0.1, -0.05) is 19.3 Å². The Labute approximate surface area is 95.9 Å². The molecule has 1 aliphatic carbocycles.